The SMILES string of the molecule is [2H]C([2H])(OC(=O)[C@@H](N)C(C)C)[C@@]1(F)O[C@@H](n2cc(Cl)c(=S)[nH]c2=O)[C@H](O)[C@@H]1O. The fourth-order valence-electron chi connectivity index (χ4n) is 2.11. The third-order valence-electron chi connectivity index (χ3n) is 3.77. The molecule has 26 heavy (non-hydrogen) atoms. The summed E-state index contributed by atoms with van der Waals surface area (Å²) in [6.45, 7) is -0.438. The highest BCUT2D eigenvalue weighted by Gasteiger charge is 2.57. The molecule has 1 aromatic heterocycles. The van der Waals surface area contributed by atoms with Gasteiger partial charge in [-0.2, -0.15) is 0 Å². The lowest BCUT2D eigenvalue weighted by atomic mass is 10.1. The van der Waals surface area contributed by atoms with E-state index in [1.165, 1.54) is 0 Å². The Hall–Kier alpha value is -1.37. The van der Waals surface area contributed by atoms with E-state index in [1.54, 1.807) is 13.8 Å². The first-order chi connectivity index (χ1) is 12.7. The second-order valence-electron chi connectivity index (χ2n) is 6.03. The zero-order valence-electron chi connectivity index (χ0n) is 15.7. The van der Waals surface area contributed by atoms with Gasteiger partial charge in [0.1, 0.15) is 22.9 Å². The van der Waals surface area contributed by atoms with E-state index < -0.39 is 54.5 Å². The van der Waals surface area contributed by atoms with E-state index in [1.807, 2.05) is 0 Å². The van der Waals surface area contributed by atoms with Crippen molar-refractivity contribution < 1.29 is 31.6 Å². The van der Waals surface area contributed by atoms with Crippen LogP contribution in [-0.4, -0.2) is 56.4 Å². The van der Waals surface area contributed by atoms with Crippen molar-refractivity contribution in [3.05, 3.63) is 26.3 Å². The average molecular weight is 414 g/mol. The maximum Gasteiger partial charge on any atom is 0.328 e. The number of carbonyl (C=O) groups excluding carboxylic acids is 1. The molecule has 1 aliphatic rings. The van der Waals surface area contributed by atoms with Gasteiger partial charge in [-0.25, -0.2) is 9.18 Å². The molecule has 146 valence electrons. The zero-order chi connectivity index (χ0) is 21.6. The number of aromatic amines is 1. The average Bonchev–Trinajstić information content (AvgIpc) is 2.82. The van der Waals surface area contributed by atoms with Crippen LogP contribution in [0.4, 0.5) is 4.39 Å². The van der Waals surface area contributed by atoms with Crippen LogP contribution in [-0.2, 0) is 14.3 Å². The number of aromatic nitrogens is 2. The van der Waals surface area contributed by atoms with Gasteiger partial charge in [0.05, 0.1) is 7.76 Å². The minimum atomic E-state index is -3.72. The molecule has 0 saturated carbocycles. The van der Waals surface area contributed by atoms with Crippen molar-refractivity contribution in [2.45, 2.75) is 44.2 Å². The summed E-state index contributed by atoms with van der Waals surface area (Å²) in [5.41, 5.74) is 4.59. The van der Waals surface area contributed by atoms with Crippen LogP contribution in [0.5, 0.6) is 0 Å². The van der Waals surface area contributed by atoms with Crippen molar-refractivity contribution in [2.24, 2.45) is 11.7 Å². The maximum atomic E-state index is 15.3. The standard InChI is InChI=1S/C14H19ClFN3O6S/c1-5(2)7(17)12(22)24-4-14(16)9(21)8(20)11(25-14)19-3-6(15)10(26)18-13(19)23/h3,5,7-9,11,20-21H,4,17H2,1-2H3,(H,18,23,26)/t7-,8+,9-,11+,14+/m0/s1/i4D2. The molecule has 1 aliphatic heterocycles. The first-order valence-electron chi connectivity index (χ1n) is 8.45. The zero-order valence-corrected chi connectivity index (χ0v) is 15.3. The molecule has 1 aromatic rings. The molecule has 0 unspecified atom stereocenters. The molecule has 2 heterocycles. The molecule has 5 N–H and O–H groups in total. The fourth-order valence-corrected chi connectivity index (χ4v) is 2.40. The third kappa shape index (κ3) is 3.97. The molecule has 1 saturated heterocycles. The first-order valence-corrected chi connectivity index (χ1v) is 8.24. The topological polar surface area (TPSA) is 140 Å². The number of nitrogens with one attached hydrogen (secondary N) is 1. The van der Waals surface area contributed by atoms with E-state index in [2.05, 4.69) is 9.72 Å². The maximum absolute atomic E-state index is 15.3. The van der Waals surface area contributed by atoms with Crippen molar-refractivity contribution in [3.63, 3.8) is 0 Å². The van der Waals surface area contributed by atoms with Crippen LogP contribution in [0.25, 0.3) is 0 Å². The van der Waals surface area contributed by atoms with Crippen LogP contribution in [0.15, 0.2) is 11.0 Å². The second-order valence-corrected chi connectivity index (χ2v) is 6.84. The van der Waals surface area contributed by atoms with Crippen molar-refractivity contribution >= 4 is 29.8 Å². The lowest BCUT2D eigenvalue weighted by molar-refractivity contribution is -0.217. The van der Waals surface area contributed by atoms with E-state index in [9.17, 15) is 19.8 Å². The predicted molar refractivity (Wildman–Crippen MR) is 90.6 cm³/mol. The molecule has 1 fully saturated rings. The summed E-state index contributed by atoms with van der Waals surface area (Å²) >= 11 is 10.6. The van der Waals surface area contributed by atoms with E-state index in [4.69, 9.17) is 37.0 Å². The minimum absolute atomic E-state index is 0.130. The van der Waals surface area contributed by atoms with Gasteiger partial charge < -0.3 is 25.4 Å². The largest absolute Gasteiger partial charge is 0.458 e. The van der Waals surface area contributed by atoms with Gasteiger partial charge in [-0.1, -0.05) is 37.7 Å². The number of aliphatic hydroxyl groups is 2. The van der Waals surface area contributed by atoms with Crippen LogP contribution in [0, 0.1) is 10.6 Å². The molecule has 2 rings (SSSR count). The molecule has 0 aliphatic carbocycles. The summed E-state index contributed by atoms with van der Waals surface area (Å²) < 4.78 is 40.6. The number of H-pyrrole nitrogens is 1. The Kier molecular flexibility index (Phi) is 5.34. The summed E-state index contributed by atoms with van der Waals surface area (Å²) in [4.78, 5) is 26.1. The molecule has 0 spiro atoms. The molecule has 9 nitrogen and oxygen atoms in total. The lowest BCUT2D eigenvalue weighted by Crippen LogP contribution is -2.46. The molecule has 0 bridgehead atoms. The number of hydrogen-bond acceptors (Lipinski definition) is 8. The van der Waals surface area contributed by atoms with E-state index in [-0.39, 0.29) is 9.66 Å². The summed E-state index contributed by atoms with van der Waals surface area (Å²) in [5.74, 6) is -5.45. The van der Waals surface area contributed by atoms with Crippen molar-refractivity contribution in [2.75, 3.05) is 6.56 Å². The highest BCUT2D eigenvalue weighted by Crippen LogP contribution is 2.38. The Morgan fingerprint density at radius 1 is 1.69 bits per heavy atom. The lowest BCUT2D eigenvalue weighted by Gasteiger charge is -2.24. The van der Waals surface area contributed by atoms with Crippen LogP contribution < -0.4 is 11.4 Å². The summed E-state index contributed by atoms with van der Waals surface area (Å²) in [6, 6.07) is -1.27. The number of alkyl halides is 1. The fraction of sp³-hybridized carbons (Fsp3) is 0.643. The number of aliphatic hydroxyl groups excluding tert-OH is 2. The van der Waals surface area contributed by atoms with Crippen molar-refractivity contribution in [1.29, 1.82) is 0 Å². The smallest absolute Gasteiger partial charge is 0.328 e. The van der Waals surface area contributed by atoms with Crippen molar-refractivity contribution in [1.82, 2.24) is 9.55 Å². The van der Waals surface area contributed by atoms with Gasteiger partial charge in [0.2, 0.25) is 0 Å². The summed E-state index contributed by atoms with van der Waals surface area (Å²) in [7, 11) is 0. The first kappa shape index (κ1) is 18.0. The van der Waals surface area contributed by atoms with E-state index in [0.717, 1.165) is 6.20 Å². The molecule has 5 atom stereocenters. The highest BCUT2D eigenvalue weighted by molar-refractivity contribution is 7.71. The van der Waals surface area contributed by atoms with Crippen LogP contribution in [0.1, 0.15) is 22.8 Å². The Labute approximate surface area is 160 Å². The Balaban J connectivity index is 2.38. The Bertz CT molecular complexity index is 883. The van der Waals surface area contributed by atoms with Gasteiger partial charge in [-0.05, 0) is 5.92 Å². The Morgan fingerprint density at radius 3 is 2.88 bits per heavy atom. The molecular formula is C14H19ClFN3O6S. The molecule has 0 radical (unpaired) electrons. The number of ether oxygens (including phenoxy) is 2. The van der Waals surface area contributed by atoms with Crippen LogP contribution in [0.3, 0.4) is 0 Å². The number of esters is 1. The quantitative estimate of drug-likeness (QED) is 0.390. The number of rotatable bonds is 5. The number of nitrogens with two attached hydrogens (primary N) is 1. The normalized spacial score (nSPS) is 31.5. The predicted octanol–water partition coefficient (Wildman–Crippen LogP) is 0.00219. The van der Waals surface area contributed by atoms with Crippen LogP contribution in [0.2, 0.25) is 5.02 Å². The van der Waals surface area contributed by atoms with Gasteiger partial charge in [0, 0.05) is 6.20 Å². The monoisotopic (exact) mass is 413 g/mol. The number of halogens is 2. The van der Waals surface area contributed by atoms with Gasteiger partial charge >= 0.3 is 11.7 Å². The minimum Gasteiger partial charge on any atom is -0.458 e. The molecule has 12 heteroatoms. The molecule has 0 amide bonds. The van der Waals surface area contributed by atoms with Gasteiger partial charge in [0.25, 0.3) is 5.85 Å². The summed E-state index contributed by atoms with van der Waals surface area (Å²) in [6.07, 6.45) is -5.62. The molecular weight excluding hydrogens is 393 g/mol. The number of carbonyl (C=O) groups is 1. The number of hydrogen-bond donors (Lipinski definition) is 4. The van der Waals surface area contributed by atoms with E-state index >= 15 is 4.39 Å². The third-order valence-corrected chi connectivity index (χ3v) is 4.49. The van der Waals surface area contributed by atoms with E-state index in [0.29, 0.717) is 4.57 Å². The highest BCUT2D eigenvalue weighted by atomic mass is 35.5. The molecule has 0 aromatic carbocycles. The Morgan fingerprint density at radius 2 is 2.31 bits per heavy atom. The van der Waals surface area contributed by atoms with Crippen LogP contribution >= 0.6 is 23.8 Å². The van der Waals surface area contributed by atoms with Crippen molar-refractivity contribution in [3.8, 4) is 0 Å². The van der Waals surface area contributed by atoms with Gasteiger partial charge in [-0.3, -0.25) is 14.3 Å². The second kappa shape index (κ2) is 7.71. The van der Waals surface area contributed by atoms with Gasteiger partial charge in [0.15, 0.2) is 12.8 Å². The number of nitrogens with zero attached hydrogens (tertiary/aromatic N) is 1. The summed E-state index contributed by atoms with van der Waals surface area (Å²) in [5, 5.41) is 20.1. The van der Waals surface area contributed by atoms with Gasteiger partial charge in [-0.15, -0.1) is 0 Å².